The molecular weight excluding hydrogens is 208 g/mol. The standard InChI is InChI=1S/C12H17O2S/c13-12(11-4-2-1-3-5-11)10-15-8-6-14-7-9-15/h1-4,11H,5-10H2/q+1. The van der Waals surface area contributed by atoms with Gasteiger partial charge in [-0.2, -0.15) is 0 Å². The zero-order valence-electron chi connectivity index (χ0n) is 8.85. The monoisotopic (exact) mass is 225 g/mol. The third kappa shape index (κ3) is 3.21. The second-order valence-corrected chi connectivity index (χ2v) is 6.23. The lowest BCUT2D eigenvalue weighted by Gasteiger charge is -2.16. The zero-order chi connectivity index (χ0) is 10.5. The van der Waals surface area contributed by atoms with E-state index in [1.54, 1.807) is 0 Å². The lowest BCUT2D eigenvalue weighted by atomic mass is 9.97. The van der Waals surface area contributed by atoms with Crippen LogP contribution in [-0.4, -0.2) is 36.3 Å². The summed E-state index contributed by atoms with van der Waals surface area (Å²) < 4.78 is 5.30. The average Bonchev–Trinajstić information content (AvgIpc) is 2.31. The van der Waals surface area contributed by atoms with Crippen molar-refractivity contribution in [2.45, 2.75) is 6.42 Å². The van der Waals surface area contributed by atoms with Crippen molar-refractivity contribution in [2.24, 2.45) is 5.92 Å². The van der Waals surface area contributed by atoms with Gasteiger partial charge in [-0.05, 0) is 17.3 Å². The number of hydrogen-bond donors (Lipinski definition) is 0. The number of carbonyl (C=O) groups excluding carboxylic acids is 1. The molecule has 1 heterocycles. The van der Waals surface area contributed by atoms with E-state index in [4.69, 9.17) is 4.74 Å². The van der Waals surface area contributed by atoms with E-state index in [9.17, 15) is 4.79 Å². The van der Waals surface area contributed by atoms with Gasteiger partial charge in [-0.3, -0.25) is 4.79 Å². The lowest BCUT2D eigenvalue weighted by molar-refractivity contribution is -0.118. The molecule has 15 heavy (non-hydrogen) atoms. The van der Waals surface area contributed by atoms with Crippen molar-refractivity contribution >= 4 is 16.7 Å². The Morgan fingerprint density at radius 1 is 1.33 bits per heavy atom. The fraction of sp³-hybridized carbons (Fsp3) is 0.583. The molecule has 0 spiro atoms. The van der Waals surface area contributed by atoms with E-state index in [-0.39, 0.29) is 5.92 Å². The molecule has 3 heteroatoms. The molecule has 0 aromatic rings. The summed E-state index contributed by atoms with van der Waals surface area (Å²) in [5, 5.41) is 0. The van der Waals surface area contributed by atoms with Gasteiger partial charge in [-0.15, -0.1) is 0 Å². The van der Waals surface area contributed by atoms with Crippen LogP contribution in [0.3, 0.4) is 0 Å². The molecule has 1 unspecified atom stereocenters. The van der Waals surface area contributed by atoms with E-state index in [1.165, 1.54) is 0 Å². The summed E-state index contributed by atoms with van der Waals surface area (Å²) in [5.74, 6) is 3.49. The van der Waals surface area contributed by atoms with E-state index >= 15 is 0 Å². The number of allylic oxidation sites excluding steroid dienone is 4. The van der Waals surface area contributed by atoms with E-state index in [0.29, 0.717) is 16.7 Å². The number of ketones is 1. The maximum absolute atomic E-state index is 11.9. The van der Waals surface area contributed by atoms with Gasteiger partial charge in [0, 0.05) is 5.92 Å². The molecule has 1 aliphatic carbocycles. The van der Waals surface area contributed by atoms with Crippen molar-refractivity contribution < 1.29 is 9.53 Å². The number of carbonyl (C=O) groups is 1. The minimum absolute atomic E-state index is 0.144. The van der Waals surface area contributed by atoms with Crippen LogP contribution in [0.2, 0.25) is 0 Å². The van der Waals surface area contributed by atoms with Gasteiger partial charge < -0.3 is 4.74 Å². The first-order valence-corrected chi connectivity index (χ1v) is 7.17. The first-order chi connectivity index (χ1) is 7.36. The molecular formula is C12H17O2S+. The second kappa shape index (κ2) is 5.52. The average molecular weight is 225 g/mol. The number of rotatable bonds is 3. The van der Waals surface area contributed by atoms with Gasteiger partial charge in [0.15, 0.2) is 11.5 Å². The summed E-state index contributed by atoms with van der Waals surface area (Å²) in [4.78, 5) is 11.9. The molecule has 0 N–H and O–H groups in total. The minimum Gasteiger partial charge on any atom is -0.372 e. The molecule has 0 aromatic heterocycles. The molecule has 1 aliphatic heterocycles. The van der Waals surface area contributed by atoms with Crippen molar-refractivity contribution in [1.29, 1.82) is 0 Å². The Bertz CT molecular complexity index is 277. The molecule has 1 saturated heterocycles. The van der Waals surface area contributed by atoms with E-state index in [1.807, 2.05) is 18.2 Å². The summed E-state index contributed by atoms with van der Waals surface area (Å²) in [6, 6.07) is 0. The fourth-order valence-electron chi connectivity index (χ4n) is 1.83. The third-order valence-corrected chi connectivity index (χ3v) is 4.95. The molecule has 0 radical (unpaired) electrons. The number of ether oxygens (including phenoxy) is 1. The van der Waals surface area contributed by atoms with Crippen molar-refractivity contribution in [3.05, 3.63) is 24.3 Å². The number of hydrogen-bond acceptors (Lipinski definition) is 2. The van der Waals surface area contributed by atoms with Gasteiger partial charge in [0.1, 0.15) is 11.5 Å². The summed E-state index contributed by atoms with van der Waals surface area (Å²) in [6.07, 6.45) is 9.00. The van der Waals surface area contributed by atoms with Crippen LogP contribution in [0.4, 0.5) is 0 Å². The molecule has 2 nitrogen and oxygen atoms in total. The van der Waals surface area contributed by atoms with Crippen LogP contribution in [0, 0.1) is 5.92 Å². The zero-order valence-corrected chi connectivity index (χ0v) is 9.67. The molecule has 2 aliphatic rings. The largest absolute Gasteiger partial charge is 0.372 e. The van der Waals surface area contributed by atoms with Crippen LogP contribution in [0.5, 0.6) is 0 Å². The maximum atomic E-state index is 11.9. The Balaban J connectivity index is 1.80. The predicted molar refractivity (Wildman–Crippen MR) is 64.2 cm³/mol. The smallest absolute Gasteiger partial charge is 0.188 e. The Hall–Kier alpha value is -0.540. The van der Waals surface area contributed by atoms with Gasteiger partial charge >= 0.3 is 0 Å². The van der Waals surface area contributed by atoms with Crippen LogP contribution >= 0.6 is 0 Å². The van der Waals surface area contributed by atoms with Crippen molar-refractivity contribution in [2.75, 3.05) is 30.5 Å². The minimum atomic E-state index is 0.144. The lowest BCUT2D eigenvalue weighted by Crippen LogP contribution is -2.33. The topological polar surface area (TPSA) is 26.3 Å². The van der Waals surface area contributed by atoms with Crippen LogP contribution in [0.25, 0.3) is 0 Å². The van der Waals surface area contributed by atoms with Crippen molar-refractivity contribution in [1.82, 2.24) is 0 Å². The molecule has 0 aromatic carbocycles. The second-order valence-electron chi connectivity index (χ2n) is 3.90. The Morgan fingerprint density at radius 2 is 2.13 bits per heavy atom. The third-order valence-electron chi connectivity index (χ3n) is 2.77. The van der Waals surface area contributed by atoms with Crippen LogP contribution in [-0.2, 0) is 20.4 Å². The summed E-state index contributed by atoms with van der Waals surface area (Å²) in [6.45, 7) is 1.69. The highest BCUT2D eigenvalue weighted by atomic mass is 32.2. The van der Waals surface area contributed by atoms with Gasteiger partial charge in [0.2, 0.25) is 0 Å². The molecule has 0 saturated carbocycles. The maximum Gasteiger partial charge on any atom is 0.188 e. The van der Waals surface area contributed by atoms with Gasteiger partial charge in [0.25, 0.3) is 0 Å². The molecule has 0 amide bonds. The van der Waals surface area contributed by atoms with E-state index in [0.717, 1.165) is 36.9 Å². The highest BCUT2D eigenvalue weighted by Gasteiger charge is 2.28. The Morgan fingerprint density at radius 3 is 2.80 bits per heavy atom. The Labute approximate surface area is 93.7 Å². The molecule has 0 bridgehead atoms. The van der Waals surface area contributed by atoms with E-state index in [2.05, 4.69) is 6.08 Å². The van der Waals surface area contributed by atoms with Gasteiger partial charge in [-0.25, -0.2) is 0 Å². The quantitative estimate of drug-likeness (QED) is 0.677. The summed E-state index contributed by atoms with van der Waals surface area (Å²) in [5.41, 5.74) is 0. The van der Waals surface area contributed by atoms with E-state index < -0.39 is 0 Å². The normalized spacial score (nSPS) is 26.8. The number of Topliss-reactive ketones (excluding diaryl/α,β-unsaturated/α-hetero) is 1. The highest BCUT2D eigenvalue weighted by molar-refractivity contribution is 7.97. The highest BCUT2D eigenvalue weighted by Crippen LogP contribution is 2.15. The molecule has 1 fully saturated rings. The summed E-state index contributed by atoms with van der Waals surface area (Å²) in [7, 11) is 0.291. The van der Waals surface area contributed by atoms with Gasteiger partial charge in [0.05, 0.1) is 13.2 Å². The van der Waals surface area contributed by atoms with Gasteiger partial charge in [-0.1, -0.05) is 24.3 Å². The SMILES string of the molecule is O=C(C[S+]1CCOCC1)C1C=CC=CC1. The van der Waals surface area contributed by atoms with Crippen LogP contribution in [0.15, 0.2) is 24.3 Å². The Kier molecular flexibility index (Phi) is 4.03. The van der Waals surface area contributed by atoms with Crippen molar-refractivity contribution in [3.63, 3.8) is 0 Å². The van der Waals surface area contributed by atoms with Crippen LogP contribution < -0.4 is 0 Å². The first kappa shape index (κ1) is 11.0. The first-order valence-electron chi connectivity index (χ1n) is 5.44. The molecule has 82 valence electrons. The molecule has 1 atom stereocenters. The van der Waals surface area contributed by atoms with Crippen LogP contribution in [0.1, 0.15) is 6.42 Å². The molecule has 2 rings (SSSR count). The van der Waals surface area contributed by atoms with Crippen molar-refractivity contribution in [3.8, 4) is 0 Å². The predicted octanol–water partition coefficient (Wildman–Crippen LogP) is 1.34. The summed E-state index contributed by atoms with van der Waals surface area (Å²) >= 11 is 0. The fourth-order valence-corrected chi connectivity index (χ4v) is 3.65.